The van der Waals surface area contributed by atoms with Crippen molar-refractivity contribution in [2.24, 2.45) is 4.99 Å². The third-order valence-electron chi connectivity index (χ3n) is 4.86. The molecule has 0 radical (unpaired) electrons. The largest absolute Gasteiger partial charge is 0.495 e. The molecule has 1 aliphatic rings. The van der Waals surface area contributed by atoms with Gasteiger partial charge in [0, 0.05) is 14.9 Å². The minimum absolute atomic E-state index is 0.223. The number of benzene rings is 1. The van der Waals surface area contributed by atoms with E-state index < -0.39 is 12.0 Å². The maximum Gasteiger partial charge on any atom is 0.338 e. The number of aromatic nitrogens is 1. The first-order valence-corrected chi connectivity index (χ1v) is 12.9. The van der Waals surface area contributed by atoms with Crippen LogP contribution in [-0.4, -0.2) is 24.3 Å². The van der Waals surface area contributed by atoms with Crippen molar-refractivity contribution in [3.8, 4) is 5.75 Å². The van der Waals surface area contributed by atoms with Gasteiger partial charge in [-0.15, -0.1) is 11.3 Å². The molecular weight excluding hydrogens is 580 g/mol. The normalized spacial score (nSPS) is 16.0. The quantitative estimate of drug-likeness (QED) is 0.409. The monoisotopic (exact) mass is 596 g/mol. The van der Waals surface area contributed by atoms with Crippen molar-refractivity contribution >= 4 is 66.6 Å². The topological polar surface area (TPSA) is 69.9 Å². The fourth-order valence-corrected chi connectivity index (χ4v) is 6.83. The van der Waals surface area contributed by atoms with Gasteiger partial charge in [-0.25, -0.2) is 9.79 Å². The van der Waals surface area contributed by atoms with Crippen molar-refractivity contribution in [3.63, 3.8) is 0 Å². The minimum Gasteiger partial charge on any atom is -0.495 e. The Morgan fingerprint density at radius 3 is 2.78 bits per heavy atom. The van der Waals surface area contributed by atoms with E-state index in [9.17, 15) is 9.59 Å². The number of allylic oxidation sites excluding steroid dienone is 1. The maximum absolute atomic E-state index is 13.6. The lowest BCUT2D eigenvalue weighted by molar-refractivity contribution is -0.139. The van der Waals surface area contributed by atoms with Crippen molar-refractivity contribution in [3.05, 3.63) is 80.0 Å². The third kappa shape index (κ3) is 4.16. The number of thiazole rings is 1. The Hall–Kier alpha value is -2.01. The Balaban J connectivity index is 1.97. The second-order valence-electron chi connectivity index (χ2n) is 6.83. The molecule has 1 aliphatic heterocycles. The molecule has 0 fully saturated rings. The Morgan fingerprint density at radius 1 is 1.34 bits per heavy atom. The SMILES string of the molecule is CCOC(=O)C1=C(C)N=c2s/c(=C\c3cc(Br)cc(Br)c3OC)c(=O)n2[C@H]1c1cccs1. The zero-order chi connectivity index (χ0) is 23.0. The van der Waals surface area contributed by atoms with E-state index >= 15 is 0 Å². The van der Waals surface area contributed by atoms with Gasteiger partial charge in [-0.2, -0.15) is 0 Å². The lowest BCUT2D eigenvalue weighted by Gasteiger charge is -2.23. The van der Waals surface area contributed by atoms with Crippen molar-refractivity contribution < 1.29 is 14.3 Å². The number of nitrogens with zero attached hydrogens (tertiary/aromatic N) is 2. The summed E-state index contributed by atoms with van der Waals surface area (Å²) >= 11 is 9.75. The van der Waals surface area contributed by atoms with Crippen LogP contribution in [0.3, 0.4) is 0 Å². The zero-order valence-corrected chi connectivity index (χ0v) is 22.2. The van der Waals surface area contributed by atoms with Crippen LogP contribution in [0.1, 0.15) is 30.3 Å². The Morgan fingerprint density at radius 2 is 2.12 bits per heavy atom. The van der Waals surface area contributed by atoms with Gasteiger partial charge in [-0.3, -0.25) is 9.36 Å². The molecule has 166 valence electrons. The molecule has 3 heterocycles. The van der Waals surface area contributed by atoms with Gasteiger partial charge in [0.2, 0.25) is 0 Å². The molecule has 32 heavy (non-hydrogen) atoms. The van der Waals surface area contributed by atoms with Gasteiger partial charge in [0.1, 0.15) is 11.8 Å². The van der Waals surface area contributed by atoms with E-state index in [1.807, 2.05) is 29.6 Å². The molecule has 0 spiro atoms. The van der Waals surface area contributed by atoms with E-state index in [1.165, 1.54) is 22.7 Å². The average Bonchev–Trinajstić information content (AvgIpc) is 3.36. The van der Waals surface area contributed by atoms with Gasteiger partial charge < -0.3 is 9.47 Å². The Labute approximate surface area is 208 Å². The summed E-state index contributed by atoms with van der Waals surface area (Å²) < 4.78 is 14.5. The van der Waals surface area contributed by atoms with Gasteiger partial charge in [0.15, 0.2) is 4.80 Å². The number of methoxy groups -OCH3 is 1. The number of hydrogen-bond donors (Lipinski definition) is 0. The highest BCUT2D eigenvalue weighted by Crippen LogP contribution is 2.34. The van der Waals surface area contributed by atoms with Crippen molar-refractivity contribution in [1.29, 1.82) is 0 Å². The summed E-state index contributed by atoms with van der Waals surface area (Å²) in [7, 11) is 1.58. The summed E-state index contributed by atoms with van der Waals surface area (Å²) in [6.45, 7) is 3.78. The standard InChI is InChI=1S/C22H18Br2N2O4S2/c1-4-30-21(28)17-11(2)25-22-26(18(17)15-6-5-7-31-15)20(27)16(32-22)9-12-8-13(23)10-14(24)19(12)29-3/h5-10,18H,4H2,1-3H3/b16-9-/t18-/m0/s1. The summed E-state index contributed by atoms with van der Waals surface area (Å²) in [5.41, 5.74) is 1.46. The molecule has 1 atom stereocenters. The number of ether oxygens (including phenoxy) is 2. The predicted molar refractivity (Wildman–Crippen MR) is 133 cm³/mol. The first-order chi connectivity index (χ1) is 15.3. The van der Waals surface area contributed by atoms with E-state index in [2.05, 4.69) is 36.9 Å². The molecule has 4 rings (SSSR count). The smallest absolute Gasteiger partial charge is 0.338 e. The fraction of sp³-hybridized carbons (Fsp3) is 0.227. The van der Waals surface area contributed by atoms with Crippen molar-refractivity contribution in [2.75, 3.05) is 13.7 Å². The molecule has 6 nitrogen and oxygen atoms in total. The van der Waals surface area contributed by atoms with Crippen LogP contribution in [-0.2, 0) is 9.53 Å². The molecule has 10 heteroatoms. The van der Waals surface area contributed by atoms with Crippen molar-refractivity contribution in [2.45, 2.75) is 19.9 Å². The Kier molecular flexibility index (Phi) is 6.85. The van der Waals surface area contributed by atoms with E-state index in [4.69, 9.17) is 9.47 Å². The highest BCUT2D eigenvalue weighted by atomic mass is 79.9. The second-order valence-corrected chi connectivity index (χ2v) is 10.6. The zero-order valence-electron chi connectivity index (χ0n) is 17.3. The first-order valence-electron chi connectivity index (χ1n) is 9.61. The number of fused-ring (bicyclic) bond motifs is 1. The van der Waals surface area contributed by atoms with Crippen LogP contribution < -0.4 is 19.6 Å². The Bertz CT molecular complexity index is 1400. The summed E-state index contributed by atoms with van der Waals surface area (Å²) in [6.07, 6.45) is 1.78. The number of halogens is 2. The van der Waals surface area contributed by atoms with Crippen LogP contribution in [0, 0.1) is 0 Å². The first kappa shape index (κ1) is 23.2. The molecular formula is C22H18Br2N2O4S2. The van der Waals surface area contributed by atoms with Gasteiger partial charge >= 0.3 is 5.97 Å². The lowest BCUT2D eigenvalue weighted by atomic mass is 10.0. The van der Waals surface area contributed by atoms with Gasteiger partial charge in [-0.05, 0) is 59.4 Å². The molecule has 0 amide bonds. The summed E-state index contributed by atoms with van der Waals surface area (Å²) in [5, 5.41) is 1.92. The molecule has 0 saturated carbocycles. The third-order valence-corrected chi connectivity index (χ3v) is 7.81. The highest BCUT2D eigenvalue weighted by Gasteiger charge is 2.33. The summed E-state index contributed by atoms with van der Waals surface area (Å²) in [4.78, 5) is 32.4. The summed E-state index contributed by atoms with van der Waals surface area (Å²) in [6, 6.07) is 7.00. The van der Waals surface area contributed by atoms with Crippen LogP contribution in [0.2, 0.25) is 0 Å². The van der Waals surface area contributed by atoms with Gasteiger partial charge in [0.05, 0.1) is 34.0 Å². The molecule has 2 aromatic heterocycles. The van der Waals surface area contributed by atoms with E-state index in [1.54, 1.807) is 31.6 Å². The number of hydrogen-bond acceptors (Lipinski definition) is 7. The molecule has 0 bridgehead atoms. The number of rotatable bonds is 5. The minimum atomic E-state index is -0.580. The van der Waals surface area contributed by atoms with Gasteiger partial charge in [0.25, 0.3) is 5.56 Å². The average molecular weight is 598 g/mol. The lowest BCUT2D eigenvalue weighted by Crippen LogP contribution is -2.39. The van der Waals surface area contributed by atoms with Crippen LogP contribution in [0.15, 0.2) is 59.6 Å². The second kappa shape index (κ2) is 9.46. The number of carbonyl (C=O) groups is 1. The summed E-state index contributed by atoms with van der Waals surface area (Å²) in [5.74, 6) is 0.163. The number of carbonyl (C=O) groups excluding carboxylic acids is 1. The van der Waals surface area contributed by atoms with Crippen LogP contribution >= 0.6 is 54.5 Å². The maximum atomic E-state index is 13.6. The molecule has 0 unspecified atom stereocenters. The van der Waals surface area contributed by atoms with E-state index in [-0.39, 0.29) is 12.2 Å². The van der Waals surface area contributed by atoms with Crippen LogP contribution in [0.25, 0.3) is 6.08 Å². The fourth-order valence-electron chi connectivity index (χ4n) is 3.55. The molecule has 1 aromatic carbocycles. The predicted octanol–water partition coefficient (Wildman–Crippen LogP) is 4.39. The van der Waals surface area contributed by atoms with Crippen LogP contribution in [0.4, 0.5) is 0 Å². The van der Waals surface area contributed by atoms with E-state index in [0.717, 1.165) is 19.4 Å². The highest BCUT2D eigenvalue weighted by molar-refractivity contribution is 9.11. The van der Waals surface area contributed by atoms with Crippen LogP contribution in [0.5, 0.6) is 5.75 Å². The molecule has 0 saturated heterocycles. The van der Waals surface area contributed by atoms with Crippen molar-refractivity contribution in [1.82, 2.24) is 4.57 Å². The molecule has 0 N–H and O–H groups in total. The molecule has 0 aliphatic carbocycles. The van der Waals surface area contributed by atoms with E-state index in [0.29, 0.717) is 26.4 Å². The number of esters is 1. The number of thiophene rings is 1. The van der Waals surface area contributed by atoms with Gasteiger partial charge in [-0.1, -0.05) is 33.3 Å². The molecule has 3 aromatic rings.